The van der Waals surface area contributed by atoms with Crippen LogP contribution in [0.3, 0.4) is 0 Å². The molecule has 2 rings (SSSR count). The number of allylic oxidation sites excluding steroid dienone is 1. The van der Waals surface area contributed by atoms with Crippen molar-refractivity contribution in [2.75, 3.05) is 6.61 Å². The Morgan fingerprint density at radius 2 is 2.16 bits per heavy atom. The molecule has 1 aromatic rings. The van der Waals surface area contributed by atoms with Crippen molar-refractivity contribution in [3.63, 3.8) is 0 Å². The Labute approximate surface area is 119 Å². The molecule has 0 aromatic heterocycles. The van der Waals surface area contributed by atoms with Crippen molar-refractivity contribution >= 4 is 23.0 Å². The molecule has 2 nitrogen and oxygen atoms in total. The van der Waals surface area contributed by atoms with Crippen molar-refractivity contribution in [2.45, 2.75) is 33.6 Å². The molecule has 1 aliphatic rings. The molecule has 1 heterocycles. The summed E-state index contributed by atoms with van der Waals surface area (Å²) in [5.41, 5.74) is 2.12. The first-order chi connectivity index (χ1) is 8.87. The Balaban J connectivity index is 2.42. The summed E-state index contributed by atoms with van der Waals surface area (Å²) in [6.45, 7) is 6.52. The van der Waals surface area contributed by atoms with Crippen molar-refractivity contribution in [3.8, 4) is 5.75 Å². The number of ketones is 1. The number of rotatable bonds is 3. The monoisotopic (exact) mass is 278 g/mol. The fourth-order valence-corrected chi connectivity index (χ4v) is 2.42. The van der Waals surface area contributed by atoms with Crippen LogP contribution in [-0.2, 0) is 4.79 Å². The van der Waals surface area contributed by atoms with E-state index in [9.17, 15) is 4.79 Å². The molecule has 0 amide bonds. The molecular weight excluding hydrogens is 260 g/mol. The van der Waals surface area contributed by atoms with Gasteiger partial charge in [-0.25, -0.2) is 0 Å². The number of ether oxygens (including phenoxy) is 1. The molecule has 0 spiro atoms. The normalized spacial score (nSPS) is 16.9. The largest absolute Gasteiger partial charge is 0.492 e. The van der Waals surface area contributed by atoms with Crippen molar-refractivity contribution in [2.24, 2.45) is 5.41 Å². The number of fused-ring (bicyclic) bond motifs is 1. The smallest absolute Gasteiger partial charge is 0.130 e. The van der Waals surface area contributed by atoms with E-state index < -0.39 is 0 Å². The predicted molar refractivity (Wildman–Crippen MR) is 78.6 cm³/mol. The molecule has 0 atom stereocenters. The number of benzene rings is 1. The highest BCUT2D eigenvalue weighted by atomic mass is 35.5. The van der Waals surface area contributed by atoms with E-state index in [0.29, 0.717) is 18.1 Å². The lowest BCUT2D eigenvalue weighted by atomic mass is 9.88. The van der Waals surface area contributed by atoms with Gasteiger partial charge in [-0.1, -0.05) is 31.5 Å². The zero-order valence-corrected chi connectivity index (χ0v) is 12.4. The van der Waals surface area contributed by atoms with E-state index in [1.807, 2.05) is 18.2 Å². The number of hydrogen-bond acceptors (Lipinski definition) is 2. The van der Waals surface area contributed by atoms with Gasteiger partial charge in [0.2, 0.25) is 0 Å². The standard InChI is InChI=1S/C16H19ClO2/c1-11(18)4-5-12-9-16(2,3)10-19-15-7-6-13(17)8-14(12)15/h6-9H,4-5,10H2,1-3H3. The molecule has 19 heavy (non-hydrogen) atoms. The number of carbonyl (C=O) groups is 1. The van der Waals surface area contributed by atoms with Crippen LogP contribution in [0.5, 0.6) is 5.75 Å². The van der Waals surface area contributed by atoms with E-state index >= 15 is 0 Å². The molecule has 0 fully saturated rings. The topological polar surface area (TPSA) is 26.3 Å². The highest BCUT2D eigenvalue weighted by molar-refractivity contribution is 6.30. The summed E-state index contributed by atoms with van der Waals surface area (Å²) < 4.78 is 5.86. The van der Waals surface area contributed by atoms with Gasteiger partial charge in [0.15, 0.2) is 0 Å². The molecule has 0 bridgehead atoms. The maximum atomic E-state index is 11.2. The van der Waals surface area contributed by atoms with E-state index in [1.54, 1.807) is 6.92 Å². The minimum absolute atomic E-state index is 0.0440. The van der Waals surface area contributed by atoms with Crippen LogP contribution in [0, 0.1) is 5.41 Å². The fraction of sp³-hybridized carbons (Fsp3) is 0.438. The maximum absolute atomic E-state index is 11.2. The van der Waals surface area contributed by atoms with Gasteiger partial charge in [-0.3, -0.25) is 0 Å². The summed E-state index contributed by atoms with van der Waals surface area (Å²) in [5, 5.41) is 0.691. The molecule has 0 radical (unpaired) electrons. The highest BCUT2D eigenvalue weighted by Gasteiger charge is 2.23. The van der Waals surface area contributed by atoms with Gasteiger partial charge in [-0.05, 0) is 37.1 Å². The minimum Gasteiger partial charge on any atom is -0.492 e. The second kappa shape index (κ2) is 5.38. The summed E-state index contributed by atoms with van der Waals surface area (Å²) in [4.78, 5) is 11.2. The predicted octanol–water partition coefficient (Wildman–Crippen LogP) is 4.51. The Bertz CT molecular complexity index is 530. The van der Waals surface area contributed by atoms with Crippen LogP contribution in [0.25, 0.3) is 5.57 Å². The van der Waals surface area contributed by atoms with Crippen molar-refractivity contribution in [1.82, 2.24) is 0 Å². The third kappa shape index (κ3) is 3.60. The molecule has 0 saturated carbocycles. The number of halogens is 1. The van der Waals surface area contributed by atoms with Crippen LogP contribution in [0.4, 0.5) is 0 Å². The number of Topliss-reactive ketones (excluding diaryl/α,β-unsaturated/α-hetero) is 1. The van der Waals surface area contributed by atoms with Gasteiger partial charge in [-0.2, -0.15) is 0 Å². The quantitative estimate of drug-likeness (QED) is 0.813. The Morgan fingerprint density at radius 1 is 1.42 bits per heavy atom. The van der Waals surface area contributed by atoms with E-state index in [-0.39, 0.29) is 11.2 Å². The van der Waals surface area contributed by atoms with Gasteiger partial charge in [-0.15, -0.1) is 0 Å². The van der Waals surface area contributed by atoms with Gasteiger partial charge >= 0.3 is 0 Å². The Morgan fingerprint density at radius 3 is 2.84 bits per heavy atom. The van der Waals surface area contributed by atoms with E-state index in [4.69, 9.17) is 16.3 Å². The number of carbonyl (C=O) groups excluding carboxylic acids is 1. The first-order valence-corrected chi connectivity index (χ1v) is 6.89. The molecule has 0 aliphatic carbocycles. The molecule has 1 aliphatic heterocycles. The van der Waals surface area contributed by atoms with E-state index in [1.165, 1.54) is 0 Å². The average Bonchev–Trinajstić information content (AvgIpc) is 2.44. The molecule has 0 N–H and O–H groups in total. The lowest BCUT2D eigenvalue weighted by Gasteiger charge is -2.18. The van der Waals surface area contributed by atoms with E-state index in [0.717, 1.165) is 23.3 Å². The third-order valence-electron chi connectivity index (χ3n) is 3.20. The molecular formula is C16H19ClO2. The van der Waals surface area contributed by atoms with Crippen molar-refractivity contribution < 1.29 is 9.53 Å². The van der Waals surface area contributed by atoms with Crippen LogP contribution >= 0.6 is 11.6 Å². The molecule has 1 aromatic carbocycles. The van der Waals surface area contributed by atoms with Crippen LogP contribution in [0.1, 0.15) is 39.2 Å². The third-order valence-corrected chi connectivity index (χ3v) is 3.43. The van der Waals surface area contributed by atoms with Gasteiger partial charge in [0.25, 0.3) is 0 Å². The van der Waals surface area contributed by atoms with Crippen molar-refractivity contribution in [1.29, 1.82) is 0 Å². The maximum Gasteiger partial charge on any atom is 0.130 e. The molecule has 0 unspecified atom stereocenters. The van der Waals surface area contributed by atoms with Gasteiger partial charge in [0, 0.05) is 22.4 Å². The SMILES string of the molecule is CC(=O)CCC1=CC(C)(C)COc2ccc(Cl)cc21. The zero-order valence-electron chi connectivity index (χ0n) is 11.6. The highest BCUT2D eigenvalue weighted by Crippen LogP contribution is 2.38. The fourth-order valence-electron chi connectivity index (χ4n) is 2.25. The Kier molecular flexibility index (Phi) is 4.00. The molecule has 0 saturated heterocycles. The summed E-state index contributed by atoms with van der Waals surface area (Å²) >= 11 is 6.08. The summed E-state index contributed by atoms with van der Waals surface area (Å²) in [5.74, 6) is 1.05. The Hall–Kier alpha value is -1.28. The zero-order chi connectivity index (χ0) is 14.0. The first kappa shape index (κ1) is 14.1. The number of hydrogen-bond donors (Lipinski definition) is 0. The molecule has 102 valence electrons. The second-order valence-corrected chi connectivity index (χ2v) is 6.23. The van der Waals surface area contributed by atoms with Gasteiger partial charge in [0.1, 0.15) is 11.5 Å². The van der Waals surface area contributed by atoms with E-state index in [2.05, 4.69) is 19.9 Å². The average molecular weight is 279 g/mol. The summed E-state index contributed by atoms with van der Waals surface area (Å²) in [7, 11) is 0. The van der Waals surface area contributed by atoms with Crippen LogP contribution in [0.15, 0.2) is 24.3 Å². The molecule has 3 heteroatoms. The summed E-state index contributed by atoms with van der Waals surface area (Å²) in [6.07, 6.45) is 3.49. The van der Waals surface area contributed by atoms with Crippen LogP contribution in [0.2, 0.25) is 5.02 Å². The summed E-state index contributed by atoms with van der Waals surface area (Å²) in [6, 6.07) is 5.66. The van der Waals surface area contributed by atoms with Crippen LogP contribution < -0.4 is 4.74 Å². The van der Waals surface area contributed by atoms with Crippen LogP contribution in [-0.4, -0.2) is 12.4 Å². The minimum atomic E-state index is -0.0440. The lowest BCUT2D eigenvalue weighted by Crippen LogP contribution is -2.17. The lowest BCUT2D eigenvalue weighted by molar-refractivity contribution is -0.116. The van der Waals surface area contributed by atoms with Crippen molar-refractivity contribution in [3.05, 3.63) is 34.9 Å². The van der Waals surface area contributed by atoms with Gasteiger partial charge in [0.05, 0.1) is 6.61 Å². The first-order valence-electron chi connectivity index (χ1n) is 6.51. The van der Waals surface area contributed by atoms with Gasteiger partial charge < -0.3 is 9.53 Å². The second-order valence-electron chi connectivity index (χ2n) is 5.79.